The van der Waals surface area contributed by atoms with Gasteiger partial charge in [-0.25, -0.2) is 0 Å². The Morgan fingerprint density at radius 3 is 0.879 bits per heavy atom. The van der Waals surface area contributed by atoms with E-state index >= 15 is 0 Å². The van der Waals surface area contributed by atoms with Crippen LogP contribution in [0.15, 0.2) is 0 Å². The molecule has 0 aromatic rings. The van der Waals surface area contributed by atoms with Gasteiger partial charge in [0.2, 0.25) is 0 Å². The molecule has 0 saturated carbocycles. The molecule has 33 heavy (non-hydrogen) atoms. The van der Waals surface area contributed by atoms with Gasteiger partial charge in [0, 0.05) is 0 Å². The molecule has 0 atom stereocenters. The lowest BCUT2D eigenvalue weighted by atomic mass is 10.2. The minimum atomic E-state index is -1.68. The van der Waals surface area contributed by atoms with E-state index in [2.05, 4.69) is 53.5 Å². The first-order valence-corrected chi connectivity index (χ1v) is 18.5. The Morgan fingerprint density at radius 2 is 0.636 bits per heavy atom. The summed E-state index contributed by atoms with van der Waals surface area (Å²) in [5.41, 5.74) is 0. The predicted molar refractivity (Wildman–Crippen MR) is 137 cm³/mol. The molecule has 200 valence electrons. The fraction of sp³-hybridized carbons (Fsp3) is 1.00. The van der Waals surface area contributed by atoms with E-state index in [0.29, 0.717) is 92.5 Å². The zero-order valence-corrected chi connectivity index (χ0v) is 24.7. The van der Waals surface area contributed by atoms with Gasteiger partial charge >= 0.3 is 0 Å². The second-order valence-electron chi connectivity index (χ2n) is 10.2. The molecule has 0 N–H and O–H groups in total. The van der Waals surface area contributed by atoms with Crippen molar-refractivity contribution < 1.29 is 37.3 Å². The van der Waals surface area contributed by atoms with Crippen molar-refractivity contribution in [1.29, 1.82) is 0 Å². The van der Waals surface area contributed by atoms with Gasteiger partial charge in [-0.05, 0) is 37.8 Å². The van der Waals surface area contributed by atoms with Gasteiger partial charge in [0.25, 0.3) is 0 Å². The minimum Gasteiger partial charge on any atom is -0.415 e. The SMILES string of the molecule is CC(C)(C)[Si](C)(C)OCCOCCOCCOCCOCCOCCOCCO[Si](C)(C)C. The van der Waals surface area contributed by atoms with Gasteiger partial charge in [0.15, 0.2) is 16.6 Å². The summed E-state index contributed by atoms with van der Waals surface area (Å²) < 4.78 is 44.7. The first-order valence-electron chi connectivity index (χ1n) is 12.2. The van der Waals surface area contributed by atoms with Crippen molar-refractivity contribution in [1.82, 2.24) is 0 Å². The lowest BCUT2D eigenvalue weighted by molar-refractivity contribution is -0.0190. The quantitative estimate of drug-likeness (QED) is 0.150. The molecule has 0 aliphatic carbocycles. The summed E-state index contributed by atoms with van der Waals surface area (Å²) in [7, 11) is -3.11. The average molecular weight is 513 g/mol. The van der Waals surface area contributed by atoms with Gasteiger partial charge in [-0.15, -0.1) is 0 Å². The second kappa shape index (κ2) is 19.3. The van der Waals surface area contributed by atoms with Crippen LogP contribution >= 0.6 is 0 Å². The third-order valence-corrected chi connectivity index (χ3v) is 10.7. The zero-order valence-electron chi connectivity index (χ0n) is 22.7. The van der Waals surface area contributed by atoms with Crippen molar-refractivity contribution in [3.63, 3.8) is 0 Å². The van der Waals surface area contributed by atoms with Crippen molar-refractivity contribution in [2.24, 2.45) is 0 Å². The summed E-state index contributed by atoms with van der Waals surface area (Å²) in [6.45, 7) is 25.8. The van der Waals surface area contributed by atoms with Crippen LogP contribution < -0.4 is 0 Å². The smallest absolute Gasteiger partial charge is 0.192 e. The number of rotatable bonds is 23. The topological polar surface area (TPSA) is 73.8 Å². The largest absolute Gasteiger partial charge is 0.415 e. The predicted octanol–water partition coefficient (Wildman–Crippen LogP) is 3.96. The molecule has 0 aliphatic rings. The van der Waals surface area contributed by atoms with E-state index in [0.717, 1.165) is 0 Å². The van der Waals surface area contributed by atoms with E-state index in [1.54, 1.807) is 0 Å². The van der Waals surface area contributed by atoms with Crippen LogP contribution in [0.1, 0.15) is 20.8 Å². The Morgan fingerprint density at radius 1 is 0.394 bits per heavy atom. The summed E-state index contributed by atoms with van der Waals surface area (Å²) in [5, 5.41) is 0.229. The van der Waals surface area contributed by atoms with E-state index in [-0.39, 0.29) is 5.04 Å². The molecule has 0 amide bonds. The molecular weight excluding hydrogens is 460 g/mol. The maximum absolute atomic E-state index is 6.06. The lowest BCUT2D eigenvalue weighted by Crippen LogP contribution is -2.41. The minimum absolute atomic E-state index is 0.229. The van der Waals surface area contributed by atoms with Gasteiger partial charge < -0.3 is 37.3 Å². The van der Waals surface area contributed by atoms with Gasteiger partial charge in [0.05, 0.1) is 92.5 Å². The normalized spacial score (nSPS) is 13.1. The maximum Gasteiger partial charge on any atom is 0.192 e. The van der Waals surface area contributed by atoms with Crippen molar-refractivity contribution in [2.75, 3.05) is 92.5 Å². The summed E-state index contributed by atoms with van der Waals surface area (Å²) in [4.78, 5) is 0. The van der Waals surface area contributed by atoms with E-state index in [9.17, 15) is 0 Å². The lowest BCUT2D eigenvalue weighted by Gasteiger charge is -2.36. The van der Waals surface area contributed by atoms with Crippen LogP contribution in [0.3, 0.4) is 0 Å². The van der Waals surface area contributed by atoms with Crippen LogP contribution in [-0.4, -0.2) is 109 Å². The molecule has 0 aromatic heterocycles. The molecule has 0 spiro atoms. The van der Waals surface area contributed by atoms with Crippen molar-refractivity contribution in [2.45, 2.75) is 58.5 Å². The molecule has 0 rings (SSSR count). The van der Waals surface area contributed by atoms with E-state index in [1.807, 2.05) is 0 Å². The number of ether oxygens (including phenoxy) is 6. The Hall–Kier alpha value is 0.114. The highest BCUT2D eigenvalue weighted by Gasteiger charge is 2.36. The zero-order chi connectivity index (χ0) is 25.1. The molecule has 0 aromatic carbocycles. The first kappa shape index (κ1) is 33.1. The molecular formula is C23H52O8Si2. The third-order valence-electron chi connectivity index (χ3n) is 5.12. The molecule has 0 heterocycles. The molecule has 8 nitrogen and oxygen atoms in total. The monoisotopic (exact) mass is 512 g/mol. The molecule has 0 fully saturated rings. The molecule has 0 unspecified atom stereocenters. The van der Waals surface area contributed by atoms with Crippen molar-refractivity contribution in [3.8, 4) is 0 Å². The Balaban J connectivity index is 3.19. The standard InChI is InChI=1S/C23H52O8Si2/c1-23(2,3)33(7,8)31-22-20-29-18-16-27-14-12-25-10-9-24-11-13-26-15-17-28-19-21-30-32(4,5)6/h9-22H2,1-8H3. The highest BCUT2D eigenvalue weighted by atomic mass is 28.4. The summed E-state index contributed by atoms with van der Waals surface area (Å²) >= 11 is 0. The second-order valence-corrected chi connectivity index (χ2v) is 19.6. The summed E-state index contributed by atoms with van der Waals surface area (Å²) in [5.74, 6) is 0. The van der Waals surface area contributed by atoms with Crippen LogP contribution in [0.4, 0.5) is 0 Å². The molecule has 0 saturated heterocycles. The average Bonchev–Trinajstić information content (AvgIpc) is 2.70. The van der Waals surface area contributed by atoms with Crippen molar-refractivity contribution >= 4 is 16.6 Å². The van der Waals surface area contributed by atoms with Gasteiger partial charge in [-0.3, -0.25) is 0 Å². The highest BCUT2D eigenvalue weighted by Crippen LogP contribution is 2.36. The van der Waals surface area contributed by atoms with Gasteiger partial charge in [0.1, 0.15) is 0 Å². The Bertz CT molecular complexity index is 439. The molecule has 10 heteroatoms. The molecule has 0 radical (unpaired) electrons. The van der Waals surface area contributed by atoms with Crippen LogP contribution in [0.25, 0.3) is 0 Å². The van der Waals surface area contributed by atoms with Crippen molar-refractivity contribution in [3.05, 3.63) is 0 Å². The van der Waals surface area contributed by atoms with Crippen LogP contribution in [-0.2, 0) is 37.3 Å². The molecule has 0 bridgehead atoms. The Labute approximate surface area is 205 Å². The number of hydrogen-bond donors (Lipinski definition) is 0. The van der Waals surface area contributed by atoms with Gasteiger partial charge in [-0.2, -0.15) is 0 Å². The fourth-order valence-corrected chi connectivity index (χ4v) is 3.90. The first-order chi connectivity index (χ1) is 15.5. The van der Waals surface area contributed by atoms with E-state index in [4.69, 9.17) is 37.3 Å². The third kappa shape index (κ3) is 22.3. The van der Waals surface area contributed by atoms with E-state index in [1.165, 1.54) is 0 Å². The van der Waals surface area contributed by atoms with E-state index < -0.39 is 16.6 Å². The van der Waals surface area contributed by atoms with Crippen LogP contribution in [0.5, 0.6) is 0 Å². The maximum atomic E-state index is 6.06. The summed E-state index contributed by atoms with van der Waals surface area (Å²) in [6, 6.07) is 0. The number of hydrogen-bond acceptors (Lipinski definition) is 8. The highest BCUT2D eigenvalue weighted by molar-refractivity contribution is 6.74. The Kier molecular flexibility index (Phi) is 19.4. The van der Waals surface area contributed by atoms with Gasteiger partial charge in [-0.1, -0.05) is 20.8 Å². The summed E-state index contributed by atoms with van der Waals surface area (Å²) in [6.07, 6.45) is 0. The van der Waals surface area contributed by atoms with Crippen LogP contribution in [0.2, 0.25) is 37.8 Å². The molecule has 0 aliphatic heterocycles. The fourth-order valence-electron chi connectivity index (χ4n) is 2.18. The van der Waals surface area contributed by atoms with Crippen LogP contribution in [0, 0.1) is 0 Å².